The van der Waals surface area contributed by atoms with E-state index in [4.69, 9.17) is 4.74 Å². The van der Waals surface area contributed by atoms with Crippen LogP contribution in [0.15, 0.2) is 18.2 Å². The molecule has 0 amide bonds. The average molecular weight is 252 g/mol. The maximum absolute atomic E-state index is 14.0. The van der Waals surface area contributed by atoms with Crippen molar-refractivity contribution in [2.24, 2.45) is 0 Å². The van der Waals surface area contributed by atoms with Crippen LogP contribution in [-0.2, 0) is 11.2 Å². The van der Waals surface area contributed by atoms with Gasteiger partial charge in [-0.3, -0.25) is 10.1 Å². The van der Waals surface area contributed by atoms with Gasteiger partial charge in [0, 0.05) is 30.8 Å². The first kappa shape index (κ1) is 11.4. The molecule has 0 aliphatic carbocycles. The Morgan fingerprint density at radius 2 is 2.39 bits per heavy atom. The summed E-state index contributed by atoms with van der Waals surface area (Å²) in [6, 6.07) is 4.63. The lowest BCUT2D eigenvalue weighted by Crippen LogP contribution is -2.52. The molecule has 0 saturated carbocycles. The summed E-state index contributed by atoms with van der Waals surface area (Å²) in [4.78, 5) is 10.3. The Bertz CT molecular complexity index is 508. The van der Waals surface area contributed by atoms with Gasteiger partial charge in [0.1, 0.15) is 6.17 Å². The largest absolute Gasteiger partial charge is 0.378 e. The van der Waals surface area contributed by atoms with E-state index in [1.807, 2.05) is 0 Å². The zero-order chi connectivity index (χ0) is 12.8. The number of halogens is 1. The highest BCUT2D eigenvalue weighted by Gasteiger charge is 2.46. The number of nitrogens with zero attached hydrogens (tertiary/aromatic N) is 1. The Hall–Kier alpha value is -1.69. The maximum Gasteiger partial charge on any atom is 0.269 e. The van der Waals surface area contributed by atoms with Crippen LogP contribution < -0.4 is 5.32 Å². The van der Waals surface area contributed by atoms with Gasteiger partial charge in [0.15, 0.2) is 0 Å². The molecule has 1 aromatic carbocycles. The Labute approximate surface area is 103 Å². The van der Waals surface area contributed by atoms with Crippen molar-refractivity contribution in [3.05, 3.63) is 33.9 Å². The molecular weight excluding hydrogens is 239 g/mol. The summed E-state index contributed by atoms with van der Waals surface area (Å²) in [7, 11) is 0. The van der Waals surface area contributed by atoms with Crippen molar-refractivity contribution in [1.82, 2.24) is 0 Å². The molecule has 0 radical (unpaired) electrons. The van der Waals surface area contributed by atoms with Crippen LogP contribution in [0, 0.1) is 10.1 Å². The fraction of sp³-hybridized carbons (Fsp3) is 0.500. The SMILES string of the molecule is O=[N+]([O-])c1ccc2c(c1)CC1(CCOCC1F)N2. The Balaban J connectivity index is 1.92. The van der Waals surface area contributed by atoms with Gasteiger partial charge in [-0.2, -0.15) is 0 Å². The smallest absolute Gasteiger partial charge is 0.269 e. The van der Waals surface area contributed by atoms with Gasteiger partial charge >= 0.3 is 0 Å². The molecule has 5 nitrogen and oxygen atoms in total. The summed E-state index contributed by atoms with van der Waals surface area (Å²) in [6.45, 7) is 0.604. The molecule has 2 aliphatic rings. The number of rotatable bonds is 1. The van der Waals surface area contributed by atoms with Crippen LogP contribution in [0.5, 0.6) is 0 Å². The molecular formula is C12H13FN2O3. The molecule has 2 atom stereocenters. The summed E-state index contributed by atoms with van der Waals surface area (Å²) in [5, 5.41) is 13.9. The molecule has 1 spiro atoms. The zero-order valence-corrected chi connectivity index (χ0v) is 9.69. The van der Waals surface area contributed by atoms with Gasteiger partial charge in [-0.05, 0) is 18.1 Å². The molecule has 2 aliphatic heterocycles. The number of ether oxygens (including phenoxy) is 1. The van der Waals surface area contributed by atoms with E-state index in [-0.39, 0.29) is 12.3 Å². The van der Waals surface area contributed by atoms with Gasteiger partial charge in [-0.25, -0.2) is 4.39 Å². The summed E-state index contributed by atoms with van der Waals surface area (Å²) < 4.78 is 19.2. The first-order valence-corrected chi connectivity index (χ1v) is 5.88. The number of hydrogen-bond donors (Lipinski definition) is 1. The van der Waals surface area contributed by atoms with Crippen LogP contribution in [0.1, 0.15) is 12.0 Å². The molecule has 18 heavy (non-hydrogen) atoms. The van der Waals surface area contributed by atoms with Crippen molar-refractivity contribution in [2.45, 2.75) is 24.6 Å². The minimum Gasteiger partial charge on any atom is -0.378 e. The average Bonchev–Trinajstić information content (AvgIpc) is 2.71. The normalized spacial score (nSPS) is 29.9. The van der Waals surface area contributed by atoms with E-state index in [1.165, 1.54) is 12.1 Å². The number of non-ortho nitro benzene ring substituents is 1. The molecule has 3 rings (SSSR count). The van der Waals surface area contributed by atoms with Crippen molar-refractivity contribution < 1.29 is 14.1 Å². The Morgan fingerprint density at radius 1 is 1.56 bits per heavy atom. The lowest BCUT2D eigenvalue weighted by Gasteiger charge is -2.37. The van der Waals surface area contributed by atoms with Crippen molar-refractivity contribution in [2.75, 3.05) is 18.5 Å². The predicted molar refractivity (Wildman–Crippen MR) is 63.5 cm³/mol. The van der Waals surface area contributed by atoms with E-state index in [9.17, 15) is 14.5 Å². The Morgan fingerprint density at radius 3 is 3.11 bits per heavy atom. The van der Waals surface area contributed by atoms with E-state index in [1.54, 1.807) is 6.07 Å². The van der Waals surface area contributed by atoms with Gasteiger partial charge in [0.25, 0.3) is 5.69 Å². The molecule has 1 N–H and O–H groups in total. The minimum atomic E-state index is -1.09. The quantitative estimate of drug-likeness (QED) is 0.613. The second kappa shape index (κ2) is 3.91. The molecule has 6 heteroatoms. The second-order valence-electron chi connectivity index (χ2n) is 4.85. The van der Waals surface area contributed by atoms with Gasteiger partial charge in [0.05, 0.1) is 17.1 Å². The second-order valence-corrected chi connectivity index (χ2v) is 4.85. The van der Waals surface area contributed by atoms with Crippen molar-refractivity contribution in [1.29, 1.82) is 0 Å². The fourth-order valence-electron chi connectivity index (χ4n) is 2.71. The molecule has 96 valence electrons. The fourth-order valence-corrected chi connectivity index (χ4v) is 2.71. The van der Waals surface area contributed by atoms with Crippen molar-refractivity contribution in [3.63, 3.8) is 0 Å². The van der Waals surface area contributed by atoms with E-state index >= 15 is 0 Å². The van der Waals surface area contributed by atoms with Crippen LogP contribution in [-0.4, -0.2) is 29.8 Å². The molecule has 1 fully saturated rings. The number of alkyl halides is 1. The lowest BCUT2D eigenvalue weighted by atomic mass is 9.85. The number of hydrogen-bond acceptors (Lipinski definition) is 4. The minimum absolute atomic E-state index is 0.0510. The highest BCUT2D eigenvalue weighted by Crippen LogP contribution is 2.40. The molecule has 0 bridgehead atoms. The van der Waals surface area contributed by atoms with Crippen LogP contribution >= 0.6 is 0 Å². The molecule has 2 heterocycles. The summed E-state index contributed by atoms with van der Waals surface area (Å²) in [5.41, 5.74) is 1.02. The number of anilines is 1. The number of benzene rings is 1. The standard InChI is InChI=1S/C12H13FN2O3/c13-11-7-18-4-3-12(11)6-8-5-9(15(16)17)1-2-10(8)14-12/h1-2,5,11,14H,3-4,6-7H2. The molecule has 1 saturated heterocycles. The molecule has 1 aromatic rings. The highest BCUT2D eigenvalue weighted by atomic mass is 19.1. The van der Waals surface area contributed by atoms with E-state index in [0.717, 1.165) is 11.3 Å². The molecule has 0 aromatic heterocycles. The number of nitro benzene ring substituents is 1. The lowest BCUT2D eigenvalue weighted by molar-refractivity contribution is -0.384. The van der Waals surface area contributed by atoms with Crippen LogP contribution in [0.4, 0.5) is 15.8 Å². The number of nitrogens with one attached hydrogen (secondary N) is 1. The van der Waals surface area contributed by atoms with Crippen LogP contribution in [0.25, 0.3) is 0 Å². The van der Waals surface area contributed by atoms with Crippen molar-refractivity contribution >= 4 is 11.4 Å². The van der Waals surface area contributed by atoms with E-state index in [0.29, 0.717) is 19.4 Å². The summed E-state index contributed by atoms with van der Waals surface area (Å²) >= 11 is 0. The van der Waals surface area contributed by atoms with Gasteiger partial charge < -0.3 is 10.1 Å². The molecule has 2 unspecified atom stereocenters. The topological polar surface area (TPSA) is 64.4 Å². The third-order valence-corrected chi connectivity index (χ3v) is 3.75. The summed E-state index contributed by atoms with van der Waals surface area (Å²) in [6.07, 6.45) is -0.0248. The monoisotopic (exact) mass is 252 g/mol. The van der Waals surface area contributed by atoms with Crippen LogP contribution in [0.2, 0.25) is 0 Å². The third kappa shape index (κ3) is 1.64. The van der Waals surface area contributed by atoms with Crippen molar-refractivity contribution in [3.8, 4) is 0 Å². The third-order valence-electron chi connectivity index (χ3n) is 3.75. The first-order chi connectivity index (χ1) is 8.61. The van der Waals surface area contributed by atoms with Gasteiger partial charge in [-0.15, -0.1) is 0 Å². The zero-order valence-electron chi connectivity index (χ0n) is 9.69. The van der Waals surface area contributed by atoms with Gasteiger partial charge in [0.2, 0.25) is 0 Å². The predicted octanol–water partition coefficient (Wildman–Crippen LogP) is 2.06. The highest BCUT2D eigenvalue weighted by molar-refractivity contribution is 5.63. The van der Waals surface area contributed by atoms with Crippen LogP contribution in [0.3, 0.4) is 0 Å². The maximum atomic E-state index is 14.0. The summed E-state index contributed by atoms with van der Waals surface area (Å²) in [5.74, 6) is 0. The van der Waals surface area contributed by atoms with E-state index in [2.05, 4.69) is 5.32 Å². The number of nitro groups is 1. The Kier molecular flexibility index (Phi) is 2.48. The van der Waals surface area contributed by atoms with E-state index < -0.39 is 16.6 Å². The van der Waals surface area contributed by atoms with Gasteiger partial charge in [-0.1, -0.05) is 0 Å². The first-order valence-electron chi connectivity index (χ1n) is 5.88. The number of fused-ring (bicyclic) bond motifs is 1.